The number of carbonyl (C=O) groups excluding carboxylic acids is 1. The zero-order chi connectivity index (χ0) is 10.7. The molecule has 0 aliphatic carbocycles. The predicted octanol–water partition coefficient (Wildman–Crippen LogP) is 0.364. The van der Waals surface area contributed by atoms with E-state index in [1.165, 1.54) is 5.56 Å². The molecule has 0 spiro atoms. The Bertz CT molecular complexity index is 321. The van der Waals surface area contributed by atoms with Crippen molar-refractivity contribution < 1.29 is 4.79 Å². The van der Waals surface area contributed by atoms with Gasteiger partial charge in [-0.05, 0) is 30.5 Å². The van der Waals surface area contributed by atoms with Gasteiger partial charge in [0.25, 0.3) is 0 Å². The van der Waals surface area contributed by atoms with Crippen LogP contribution in [-0.4, -0.2) is 35.4 Å². The molecule has 82 valence electrons. The van der Waals surface area contributed by atoms with Crippen molar-refractivity contribution >= 4 is 5.91 Å². The molecular formula is C11H17N3O. The van der Waals surface area contributed by atoms with E-state index in [4.69, 9.17) is 5.73 Å². The summed E-state index contributed by atoms with van der Waals surface area (Å²) in [6, 6.07) is 2.04. The Morgan fingerprint density at radius 2 is 2.47 bits per heavy atom. The van der Waals surface area contributed by atoms with Crippen LogP contribution in [0.3, 0.4) is 0 Å². The van der Waals surface area contributed by atoms with Gasteiger partial charge in [-0.1, -0.05) is 0 Å². The lowest BCUT2D eigenvalue weighted by Crippen LogP contribution is -2.28. The Morgan fingerprint density at radius 1 is 1.60 bits per heavy atom. The highest BCUT2D eigenvalue weighted by molar-refractivity contribution is 5.78. The third-order valence-corrected chi connectivity index (χ3v) is 2.96. The summed E-state index contributed by atoms with van der Waals surface area (Å²) in [4.78, 5) is 16.5. The zero-order valence-electron chi connectivity index (χ0n) is 8.78. The first-order valence-electron chi connectivity index (χ1n) is 5.39. The summed E-state index contributed by atoms with van der Waals surface area (Å²) in [6.45, 7) is 2.26. The molecule has 1 fully saturated rings. The van der Waals surface area contributed by atoms with Crippen molar-refractivity contribution in [2.24, 2.45) is 11.7 Å². The summed E-state index contributed by atoms with van der Waals surface area (Å²) >= 11 is 0. The Hall–Kier alpha value is -1.29. The molecule has 1 unspecified atom stereocenters. The maximum absolute atomic E-state index is 11.6. The van der Waals surface area contributed by atoms with E-state index in [2.05, 4.69) is 4.98 Å². The highest BCUT2D eigenvalue weighted by Crippen LogP contribution is 2.16. The van der Waals surface area contributed by atoms with Crippen molar-refractivity contribution in [3.05, 3.63) is 24.0 Å². The normalized spacial score (nSPS) is 21.3. The predicted molar refractivity (Wildman–Crippen MR) is 58.2 cm³/mol. The summed E-state index contributed by atoms with van der Waals surface area (Å²) in [5.41, 5.74) is 6.81. The standard InChI is InChI=1S/C11H17N3O/c12-6-10-5-11(15)14(8-10)4-2-9-1-3-13-7-9/h1,3,7,10,13H,2,4-6,8,12H2. The number of likely N-dealkylation sites (tertiary alicyclic amines) is 1. The summed E-state index contributed by atoms with van der Waals surface area (Å²) in [7, 11) is 0. The van der Waals surface area contributed by atoms with Crippen LogP contribution in [0.5, 0.6) is 0 Å². The SMILES string of the molecule is NCC1CC(=O)N(CCc2cc[nH]c2)C1. The van der Waals surface area contributed by atoms with Gasteiger partial charge >= 0.3 is 0 Å². The highest BCUT2D eigenvalue weighted by atomic mass is 16.2. The molecule has 1 atom stereocenters. The van der Waals surface area contributed by atoms with Crippen molar-refractivity contribution in [2.45, 2.75) is 12.8 Å². The molecule has 2 rings (SSSR count). The quantitative estimate of drug-likeness (QED) is 0.749. The number of nitrogens with one attached hydrogen (secondary N) is 1. The molecule has 0 bridgehead atoms. The van der Waals surface area contributed by atoms with Gasteiger partial charge in [0.15, 0.2) is 0 Å². The summed E-state index contributed by atoms with van der Waals surface area (Å²) in [5, 5.41) is 0. The van der Waals surface area contributed by atoms with Gasteiger partial charge < -0.3 is 15.6 Å². The molecule has 2 heterocycles. The minimum atomic E-state index is 0.251. The van der Waals surface area contributed by atoms with Crippen molar-refractivity contribution in [1.82, 2.24) is 9.88 Å². The van der Waals surface area contributed by atoms with E-state index in [0.717, 1.165) is 19.5 Å². The molecule has 3 N–H and O–H groups in total. The molecule has 0 saturated carbocycles. The fourth-order valence-electron chi connectivity index (χ4n) is 2.01. The Labute approximate surface area is 89.5 Å². The van der Waals surface area contributed by atoms with E-state index < -0.39 is 0 Å². The topological polar surface area (TPSA) is 62.1 Å². The molecular weight excluding hydrogens is 190 g/mol. The van der Waals surface area contributed by atoms with E-state index in [0.29, 0.717) is 18.9 Å². The van der Waals surface area contributed by atoms with Crippen LogP contribution in [0.15, 0.2) is 18.5 Å². The van der Waals surface area contributed by atoms with Crippen LogP contribution in [0, 0.1) is 5.92 Å². The fraction of sp³-hybridized carbons (Fsp3) is 0.545. The van der Waals surface area contributed by atoms with Crippen molar-refractivity contribution in [2.75, 3.05) is 19.6 Å². The van der Waals surface area contributed by atoms with E-state index in [1.807, 2.05) is 23.4 Å². The minimum Gasteiger partial charge on any atom is -0.367 e. The van der Waals surface area contributed by atoms with Gasteiger partial charge in [-0.3, -0.25) is 4.79 Å². The van der Waals surface area contributed by atoms with Gasteiger partial charge in [0.2, 0.25) is 5.91 Å². The lowest BCUT2D eigenvalue weighted by atomic mass is 10.1. The summed E-state index contributed by atoms with van der Waals surface area (Å²) < 4.78 is 0. The monoisotopic (exact) mass is 207 g/mol. The Morgan fingerprint density at radius 3 is 3.07 bits per heavy atom. The number of H-pyrrole nitrogens is 1. The molecule has 15 heavy (non-hydrogen) atoms. The van der Waals surface area contributed by atoms with Gasteiger partial charge in [0, 0.05) is 31.9 Å². The third kappa shape index (κ3) is 2.39. The second-order valence-corrected chi connectivity index (χ2v) is 4.11. The molecule has 1 aliphatic heterocycles. The molecule has 4 heteroatoms. The number of carbonyl (C=O) groups is 1. The second-order valence-electron chi connectivity index (χ2n) is 4.11. The molecule has 1 aromatic heterocycles. The van der Waals surface area contributed by atoms with Gasteiger partial charge in [-0.2, -0.15) is 0 Å². The fourth-order valence-corrected chi connectivity index (χ4v) is 2.01. The van der Waals surface area contributed by atoms with Gasteiger partial charge in [0.1, 0.15) is 0 Å². The van der Waals surface area contributed by atoms with Gasteiger partial charge in [-0.15, -0.1) is 0 Å². The molecule has 1 amide bonds. The number of hydrogen-bond acceptors (Lipinski definition) is 2. The summed E-state index contributed by atoms with van der Waals surface area (Å²) in [6.07, 6.45) is 5.43. The number of aromatic nitrogens is 1. The zero-order valence-corrected chi connectivity index (χ0v) is 8.78. The first-order valence-corrected chi connectivity index (χ1v) is 5.39. The van der Waals surface area contributed by atoms with E-state index >= 15 is 0 Å². The maximum atomic E-state index is 11.6. The minimum absolute atomic E-state index is 0.251. The van der Waals surface area contributed by atoms with Crippen molar-refractivity contribution in [3.8, 4) is 0 Å². The lowest BCUT2D eigenvalue weighted by Gasteiger charge is -2.15. The second kappa shape index (κ2) is 4.49. The molecule has 1 aliphatic rings. The van der Waals surface area contributed by atoms with E-state index in [-0.39, 0.29) is 5.91 Å². The smallest absolute Gasteiger partial charge is 0.222 e. The number of aromatic amines is 1. The number of hydrogen-bond donors (Lipinski definition) is 2. The van der Waals surface area contributed by atoms with Crippen LogP contribution in [0.2, 0.25) is 0 Å². The molecule has 0 aromatic carbocycles. The number of rotatable bonds is 4. The largest absolute Gasteiger partial charge is 0.367 e. The Kier molecular flexibility index (Phi) is 3.06. The van der Waals surface area contributed by atoms with Crippen LogP contribution >= 0.6 is 0 Å². The number of amides is 1. The third-order valence-electron chi connectivity index (χ3n) is 2.96. The van der Waals surface area contributed by atoms with Crippen LogP contribution < -0.4 is 5.73 Å². The first-order chi connectivity index (χ1) is 7.29. The first kappa shape index (κ1) is 10.2. The molecule has 4 nitrogen and oxygen atoms in total. The summed E-state index contributed by atoms with van der Waals surface area (Å²) in [5.74, 6) is 0.615. The number of nitrogens with two attached hydrogens (primary N) is 1. The maximum Gasteiger partial charge on any atom is 0.222 e. The van der Waals surface area contributed by atoms with Crippen molar-refractivity contribution in [3.63, 3.8) is 0 Å². The number of nitrogens with zero attached hydrogens (tertiary/aromatic N) is 1. The van der Waals surface area contributed by atoms with Gasteiger partial charge in [-0.25, -0.2) is 0 Å². The van der Waals surface area contributed by atoms with Crippen LogP contribution in [0.4, 0.5) is 0 Å². The molecule has 1 saturated heterocycles. The molecule has 0 radical (unpaired) electrons. The van der Waals surface area contributed by atoms with Gasteiger partial charge in [0.05, 0.1) is 0 Å². The van der Waals surface area contributed by atoms with Crippen molar-refractivity contribution in [1.29, 1.82) is 0 Å². The van der Waals surface area contributed by atoms with E-state index in [9.17, 15) is 4.79 Å². The average Bonchev–Trinajstić information content (AvgIpc) is 2.84. The van der Waals surface area contributed by atoms with E-state index in [1.54, 1.807) is 0 Å². The van der Waals surface area contributed by atoms with Crippen LogP contribution in [0.1, 0.15) is 12.0 Å². The molecule has 1 aromatic rings. The van der Waals surface area contributed by atoms with Crippen LogP contribution in [0.25, 0.3) is 0 Å². The lowest BCUT2D eigenvalue weighted by molar-refractivity contribution is -0.127. The van der Waals surface area contributed by atoms with Crippen LogP contribution in [-0.2, 0) is 11.2 Å². The average molecular weight is 207 g/mol. The Balaban J connectivity index is 1.83. The highest BCUT2D eigenvalue weighted by Gasteiger charge is 2.27.